The number of hydrogen-bond donors (Lipinski definition) is 3. The Balaban J connectivity index is 4.48. The van der Waals surface area contributed by atoms with E-state index in [1.807, 2.05) is 13.8 Å². The van der Waals surface area contributed by atoms with Gasteiger partial charge in [-0.2, -0.15) is 0 Å². The lowest BCUT2D eigenvalue weighted by molar-refractivity contribution is -0.141. The zero-order valence-corrected chi connectivity index (χ0v) is 12.8. The molecule has 3 N–H and O–H groups in total. The first kappa shape index (κ1) is 18.2. The molecule has 0 spiro atoms. The highest BCUT2D eigenvalue weighted by Gasteiger charge is 2.22. The van der Waals surface area contributed by atoms with Crippen LogP contribution >= 0.6 is 0 Å². The van der Waals surface area contributed by atoms with Crippen LogP contribution in [-0.4, -0.2) is 53.1 Å². The second-order valence-corrected chi connectivity index (χ2v) is 5.11. The largest absolute Gasteiger partial charge is 0.481 e. The van der Waals surface area contributed by atoms with Gasteiger partial charge in [0.2, 0.25) is 5.91 Å². The number of aliphatic carboxylic acids is 1. The third-order valence-electron chi connectivity index (χ3n) is 2.75. The van der Waals surface area contributed by atoms with E-state index in [4.69, 9.17) is 5.11 Å². The fraction of sp³-hybridized carbons (Fsp3) is 0.769. The van der Waals surface area contributed by atoms with E-state index in [1.165, 1.54) is 11.8 Å². The Morgan fingerprint density at radius 3 is 2.05 bits per heavy atom. The fourth-order valence-corrected chi connectivity index (χ4v) is 1.52. The molecule has 0 rings (SSSR count). The summed E-state index contributed by atoms with van der Waals surface area (Å²) in [5.41, 5.74) is 0. The van der Waals surface area contributed by atoms with Crippen LogP contribution in [0.3, 0.4) is 0 Å². The van der Waals surface area contributed by atoms with E-state index in [0.29, 0.717) is 6.54 Å². The molecule has 7 heteroatoms. The van der Waals surface area contributed by atoms with Gasteiger partial charge in [0, 0.05) is 19.1 Å². The molecule has 0 radical (unpaired) electrons. The highest BCUT2D eigenvalue weighted by atomic mass is 16.4. The first-order chi connectivity index (χ1) is 9.18. The predicted octanol–water partition coefficient (Wildman–Crippen LogP) is 0.652. The van der Waals surface area contributed by atoms with Crippen LogP contribution in [0.5, 0.6) is 0 Å². The standard InChI is InChI=1S/C13H25N3O4/c1-6-16(7-9(4)12(18)19)13(20)15-10(5)11(17)14-8(2)3/h8-10H,6-7H2,1-5H3,(H,14,17)(H,15,20)(H,18,19). The molecule has 3 amide bonds. The van der Waals surface area contributed by atoms with E-state index in [9.17, 15) is 14.4 Å². The molecule has 0 aromatic heterocycles. The summed E-state index contributed by atoms with van der Waals surface area (Å²) in [5, 5.41) is 14.1. The van der Waals surface area contributed by atoms with E-state index < -0.39 is 24.0 Å². The van der Waals surface area contributed by atoms with Crippen molar-refractivity contribution in [3.05, 3.63) is 0 Å². The maximum Gasteiger partial charge on any atom is 0.318 e. The van der Waals surface area contributed by atoms with Gasteiger partial charge in [-0.25, -0.2) is 4.79 Å². The number of amides is 3. The van der Waals surface area contributed by atoms with Crippen LogP contribution in [0.25, 0.3) is 0 Å². The average Bonchev–Trinajstić information content (AvgIpc) is 2.34. The molecule has 0 aromatic carbocycles. The Labute approximate surface area is 119 Å². The van der Waals surface area contributed by atoms with Gasteiger partial charge in [-0.05, 0) is 27.7 Å². The minimum absolute atomic E-state index is 0.00355. The third-order valence-corrected chi connectivity index (χ3v) is 2.75. The molecule has 0 heterocycles. The van der Waals surface area contributed by atoms with Crippen molar-refractivity contribution in [1.29, 1.82) is 0 Å². The molecule has 0 bridgehead atoms. The van der Waals surface area contributed by atoms with Gasteiger partial charge < -0.3 is 20.6 Å². The van der Waals surface area contributed by atoms with Gasteiger partial charge in [-0.15, -0.1) is 0 Å². The van der Waals surface area contributed by atoms with Crippen molar-refractivity contribution >= 4 is 17.9 Å². The second-order valence-electron chi connectivity index (χ2n) is 5.11. The van der Waals surface area contributed by atoms with Crippen LogP contribution in [0.2, 0.25) is 0 Å². The van der Waals surface area contributed by atoms with Crippen LogP contribution in [-0.2, 0) is 9.59 Å². The van der Waals surface area contributed by atoms with Crippen LogP contribution in [0.4, 0.5) is 4.79 Å². The van der Waals surface area contributed by atoms with E-state index in [-0.39, 0.29) is 18.5 Å². The van der Waals surface area contributed by atoms with Gasteiger partial charge in [0.05, 0.1) is 5.92 Å². The lowest BCUT2D eigenvalue weighted by Gasteiger charge is -2.25. The second kappa shape index (κ2) is 8.39. The molecular weight excluding hydrogens is 262 g/mol. The maximum atomic E-state index is 12.0. The Morgan fingerprint density at radius 1 is 1.10 bits per heavy atom. The molecule has 116 valence electrons. The maximum absolute atomic E-state index is 12.0. The molecule has 20 heavy (non-hydrogen) atoms. The molecule has 2 atom stereocenters. The zero-order valence-electron chi connectivity index (χ0n) is 12.8. The summed E-state index contributed by atoms with van der Waals surface area (Å²) in [5.74, 6) is -1.88. The number of carbonyl (C=O) groups is 3. The van der Waals surface area contributed by atoms with Gasteiger partial charge >= 0.3 is 12.0 Å². The SMILES string of the molecule is CCN(CC(C)C(=O)O)C(=O)NC(C)C(=O)NC(C)C. The van der Waals surface area contributed by atoms with Crippen molar-refractivity contribution in [2.24, 2.45) is 5.92 Å². The summed E-state index contributed by atoms with van der Waals surface area (Å²) in [6, 6.07) is -1.11. The van der Waals surface area contributed by atoms with Gasteiger partial charge in [0.1, 0.15) is 6.04 Å². The molecule has 0 aliphatic rings. The monoisotopic (exact) mass is 287 g/mol. The molecule has 0 aliphatic carbocycles. The normalized spacial score (nSPS) is 13.5. The Morgan fingerprint density at radius 2 is 1.65 bits per heavy atom. The summed E-state index contributed by atoms with van der Waals surface area (Å²) < 4.78 is 0. The van der Waals surface area contributed by atoms with Crippen LogP contribution in [0.1, 0.15) is 34.6 Å². The summed E-state index contributed by atoms with van der Waals surface area (Å²) >= 11 is 0. The molecule has 2 unspecified atom stereocenters. The molecule has 0 saturated heterocycles. The summed E-state index contributed by atoms with van der Waals surface area (Å²) in [6.45, 7) is 9.03. The number of urea groups is 1. The van der Waals surface area contributed by atoms with Gasteiger partial charge in [0.15, 0.2) is 0 Å². The topological polar surface area (TPSA) is 98.7 Å². The minimum atomic E-state index is -0.957. The van der Waals surface area contributed by atoms with Gasteiger partial charge in [0.25, 0.3) is 0 Å². The first-order valence-corrected chi connectivity index (χ1v) is 6.77. The first-order valence-electron chi connectivity index (χ1n) is 6.77. The number of nitrogens with zero attached hydrogens (tertiary/aromatic N) is 1. The summed E-state index contributed by atoms with van der Waals surface area (Å²) in [6.07, 6.45) is 0. The van der Waals surface area contributed by atoms with Crippen molar-refractivity contribution in [3.63, 3.8) is 0 Å². The highest BCUT2D eigenvalue weighted by Crippen LogP contribution is 2.01. The van der Waals surface area contributed by atoms with E-state index >= 15 is 0 Å². The van der Waals surface area contributed by atoms with Crippen molar-refractivity contribution < 1.29 is 19.5 Å². The Hall–Kier alpha value is -1.79. The van der Waals surface area contributed by atoms with Crippen molar-refractivity contribution in [1.82, 2.24) is 15.5 Å². The third kappa shape index (κ3) is 6.40. The Kier molecular flexibility index (Phi) is 7.64. The van der Waals surface area contributed by atoms with Gasteiger partial charge in [-0.3, -0.25) is 9.59 Å². The quantitative estimate of drug-likeness (QED) is 0.640. The highest BCUT2D eigenvalue weighted by molar-refractivity contribution is 5.87. The van der Waals surface area contributed by atoms with Gasteiger partial charge in [-0.1, -0.05) is 6.92 Å². The van der Waals surface area contributed by atoms with Crippen molar-refractivity contribution in [3.8, 4) is 0 Å². The number of carboxylic acid groups (broad SMARTS) is 1. The molecular formula is C13H25N3O4. The zero-order chi connectivity index (χ0) is 15.9. The minimum Gasteiger partial charge on any atom is -0.481 e. The number of hydrogen-bond acceptors (Lipinski definition) is 3. The van der Waals surface area contributed by atoms with Crippen molar-refractivity contribution in [2.45, 2.75) is 46.7 Å². The predicted molar refractivity (Wildman–Crippen MR) is 75.3 cm³/mol. The lowest BCUT2D eigenvalue weighted by atomic mass is 10.2. The fourth-order valence-electron chi connectivity index (χ4n) is 1.52. The van der Waals surface area contributed by atoms with Crippen LogP contribution in [0.15, 0.2) is 0 Å². The van der Waals surface area contributed by atoms with Crippen LogP contribution in [0, 0.1) is 5.92 Å². The number of rotatable bonds is 7. The number of carboxylic acids is 1. The van der Waals surface area contributed by atoms with Crippen molar-refractivity contribution in [2.75, 3.05) is 13.1 Å². The summed E-state index contributed by atoms with van der Waals surface area (Å²) in [7, 11) is 0. The molecule has 0 fully saturated rings. The molecule has 0 aliphatic heterocycles. The summed E-state index contributed by atoms with van der Waals surface area (Å²) in [4.78, 5) is 35.8. The molecule has 7 nitrogen and oxygen atoms in total. The number of nitrogens with one attached hydrogen (secondary N) is 2. The molecule has 0 aromatic rings. The van der Waals surface area contributed by atoms with E-state index in [0.717, 1.165) is 0 Å². The lowest BCUT2D eigenvalue weighted by Crippen LogP contribution is -2.51. The average molecular weight is 287 g/mol. The van der Waals surface area contributed by atoms with Crippen LogP contribution < -0.4 is 10.6 Å². The Bertz CT molecular complexity index is 358. The molecule has 0 saturated carbocycles. The van der Waals surface area contributed by atoms with E-state index in [2.05, 4.69) is 10.6 Å². The number of carbonyl (C=O) groups excluding carboxylic acids is 2. The smallest absolute Gasteiger partial charge is 0.318 e. The van der Waals surface area contributed by atoms with E-state index in [1.54, 1.807) is 13.8 Å².